The van der Waals surface area contributed by atoms with Crippen molar-refractivity contribution in [1.29, 1.82) is 0 Å². The van der Waals surface area contributed by atoms with E-state index in [0.717, 1.165) is 12.8 Å². The van der Waals surface area contributed by atoms with Gasteiger partial charge in [0.2, 0.25) is 5.91 Å². The lowest BCUT2D eigenvalue weighted by molar-refractivity contribution is -0.145. The van der Waals surface area contributed by atoms with E-state index in [4.69, 9.17) is 25.8 Å². The first-order valence-corrected chi connectivity index (χ1v) is 11.9. The maximum absolute atomic E-state index is 12.7. The van der Waals surface area contributed by atoms with Crippen LogP contribution in [0.3, 0.4) is 0 Å². The van der Waals surface area contributed by atoms with Gasteiger partial charge in [-0.2, -0.15) is 0 Å². The number of esters is 1. The highest BCUT2D eigenvalue weighted by Gasteiger charge is 2.33. The molecule has 10 nitrogen and oxygen atoms in total. The van der Waals surface area contributed by atoms with E-state index in [1.807, 2.05) is 0 Å². The molecular formula is C23H30ClN3O7. The molecular weight excluding hydrogens is 466 g/mol. The molecule has 0 atom stereocenters. The van der Waals surface area contributed by atoms with Gasteiger partial charge in [-0.3, -0.25) is 14.5 Å². The fraction of sp³-hybridized carbons (Fsp3) is 0.565. The molecule has 3 rings (SSSR count). The number of carbonyl (C=O) groups excluding carboxylic acids is 4. The number of likely N-dealkylation sites (tertiary alicyclic amines) is 1. The van der Waals surface area contributed by atoms with Crippen molar-refractivity contribution in [3.63, 3.8) is 0 Å². The Morgan fingerprint density at radius 1 is 1.03 bits per heavy atom. The molecule has 0 radical (unpaired) electrons. The third-order valence-corrected chi connectivity index (χ3v) is 6.05. The monoisotopic (exact) mass is 495 g/mol. The molecule has 0 aromatic heterocycles. The van der Waals surface area contributed by atoms with Gasteiger partial charge in [-0.15, -0.1) is 0 Å². The minimum Gasteiger partial charge on any atom is -0.482 e. The second-order valence-corrected chi connectivity index (χ2v) is 8.28. The first kappa shape index (κ1) is 25.8. The number of benzene rings is 1. The molecule has 0 unspecified atom stereocenters. The number of carbonyl (C=O) groups is 4. The molecule has 2 amide bonds. The van der Waals surface area contributed by atoms with Gasteiger partial charge in [-0.1, -0.05) is 11.6 Å². The van der Waals surface area contributed by atoms with Crippen LogP contribution in [0.4, 0.5) is 4.79 Å². The summed E-state index contributed by atoms with van der Waals surface area (Å²) in [6, 6.07) is 6.51. The molecule has 2 saturated heterocycles. The zero-order valence-corrected chi connectivity index (χ0v) is 20.0. The average Bonchev–Trinajstić information content (AvgIpc) is 2.84. The van der Waals surface area contributed by atoms with Crippen LogP contribution in [0, 0.1) is 0 Å². The zero-order valence-electron chi connectivity index (χ0n) is 19.2. The van der Waals surface area contributed by atoms with E-state index < -0.39 is 12.1 Å². The van der Waals surface area contributed by atoms with Crippen LogP contribution in [-0.4, -0.2) is 103 Å². The molecule has 0 aliphatic carbocycles. The summed E-state index contributed by atoms with van der Waals surface area (Å²) in [6.07, 6.45) is 1.11. The minimum absolute atomic E-state index is 0.0123. The van der Waals surface area contributed by atoms with Crippen LogP contribution >= 0.6 is 11.6 Å². The molecule has 2 heterocycles. The second kappa shape index (κ2) is 12.6. The van der Waals surface area contributed by atoms with Gasteiger partial charge in [0.25, 0.3) is 0 Å². The number of rotatable bonds is 9. The Balaban J connectivity index is 1.43. The van der Waals surface area contributed by atoms with E-state index in [0.29, 0.717) is 37.5 Å². The third-order valence-electron chi connectivity index (χ3n) is 5.94. The number of ether oxygens (including phenoxy) is 3. The summed E-state index contributed by atoms with van der Waals surface area (Å²) in [6.45, 7) is 4.35. The van der Waals surface area contributed by atoms with Crippen molar-refractivity contribution in [2.75, 3.05) is 58.5 Å². The van der Waals surface area contributed by atoms with E-state index in [9.17, 15) is 19.2 Å². The van der Waals surface area contributed by atoms with Crippen molar-refractivity contribution in [1.82, 2.24) is 14.7 Å². The fourth-order valence-corrected chi connectivity index (χ4v) is 4.20. The number of hydrogen-bond donors (Lipinski definition) is 0. The Morgan fingerprint density at radius 3 is 2.35 bits per heavy atom. The molecule has 11 heteroatoms. The fourth-order valence-electron chi connectivity index (χ4n) is 4.10. The van der Waals surface area contributed by atoms with E-state index in [-0.39, 0.29) is 50.1 Å². The van der Waals surface area contributed by atoms with E-state index in [2.05, 4.69) is 4.90 Å². The molecule has 2 fully saturated rings. The second-order valence-electron chi connectivity index (χ2n) is 8.06. The van der Waals surface area contributed by atoms with Crippen molar-refractivity contribution in [3.8, 4) is 5.75 Å². The number of piperazine rings is 1. The number of halogens is 1. The largest absolute Gasteiger partial charge is 0.482 e. The SMILES string of the molecule is CCOC(=O)COc1ccc(C(=O)CN2CCN(C3CCN(C(=O)OCCl)CC3)CC2=O)cc1. The van der Waals surface area contributed by atoms with Gasteiger partial charge in [-0.25, -0.2) is 9.59 Å². The lowest BCUT2D eigenvalue weighted by atomic mass is 10.0. The topological polar surface area (TPSA) is 106 Å². The molecule has 1 aromatic carbocycles. The van der Waals surface area contributed by atoms with Crippen molar-refractivity contribution in [2.45, 2.75) is 25.8 Å². The summed E-state index contributed by atoms with van der Waals surface area (Å²) < 4.78 is 15.0. The summed E-state index contributed by atoms with van der Waals surface area (Å²) in [5.41, 5.74) is 0.468. The highest BCUT2D eigenvalue weighted by molar-refractivity contribution is 6.17. The van der Waals surface area contributed by atoms with Gasteiger partial charge < -0.3 is 24.0 Å². The summed E-state index contributed by atoms with van der Waals surface area (Å²) in [5.74, 6) is -0.251. The first-order valence-electron chi connectivity index (χ1n) is 11.3. The zero-order chi connectivity index (χ0) is 24.5. The maximum atomic E-state index is 12.7. The molecule has 186 valence electrons. The van der Waals surface area contributed by atoms with E-state index in [1.165, 1.54) is 0 Å². The number of nitrogens with zero attached hydrogens (tertiary/aromatic N) is 3. The predicted molar refractivity (Wildman–Crippen MR) is 123 cm³/mol. The summed E-state index contributed by atoms with van der Waals surface area (Å²) in [4.78, 5) is 53.9. The van der Waals surface area contributed by atoms with Gasteiger partial charge in [0.15, 0.2) is 18.5 Å². The number of piperidine rings is 1. The standard InChI is InChI=1S/C23H30ClN3O7/c1-2-32-22(30)15-33-19-5-3-17(4-6-19)20(28)13-27-12-11-26(14-21(27)29)18-7-9-25(10-8-18)23(31)34-16-24/h3-6,18H,2,7-16H2,1H3. The molecule has 0 bridgehead atoms. The van der Waals surface area contributed by atoms with Crippen molar-refractivity contribution < 1.29 is 33.4 Å². The Bertz CT molecular complexity index is 872. The highest BCUT2D eigenvalue weighted by Crippen LogP contribution is 2.20. The molecule has 0 N–H and O–H groups in total. The van der Waals surface area contributed by atoms with Crippen LogP contribution in [-0.2, 0) is 19.1 Å². The van der Waals surface area contributed by atoms with Gasteiger partial charge >= 0.3 is 12.1 Å². The number of alkyl halides is 1. The quantitative estimate of drug-likeness (QED) is 0.290. The van der Waals surface area contributed by atoms with Crippen LogP contribution in [0.15, 0.2) is 24.3 Å². The number of Topliss-reactive ketones (excluding diaryl/α,β-unsaturated/α-hetero) is 1. The van der Waals surface area contributed by atoms with Gasteiger partial charge in [-0.05, 0) is 44.0 Å². The van der Waals surface area contributed by atoms with Crippen molar-refractivity contribution >= 4 is 35.4 Å². The van der Waals surface area contributed by atoms with Crippen LogP contribution in [0.1, 0.15) is 30.1 Å². The highest BCUT2D eigenvalue weighted by atomic mass is 35.5. The van der Waals surface area contributed by atoms with Crippen LogP contribution in [0.2, 0.25) is 0 Å². The van der Waals surface area contributed by atoms with Crippen LogP contribution < -0.4 is 4.74 Å². The Labute approximate surface area is 203 Å². The average molecular weight is 496 g/mol. The summed E-state index contributed by atoms with van der Waals surface area (Å²) in [5, 5.41) is 0. The Hall–Kier alpha value is -2.85. The third kappa shape index (κ3) is 7.07. The van der Waals surface area contributed by atoms with Gasteiger partial charge in [0.1, 0.15) is 5.75 Å². The predicted octanol–water partition coefficient (Wildman–Crippen LogP) is 1.75. The number of ketones is 1. The molecule has 2 aliphatic rings. The van der Waals surface area contributed by atoms with Crippen molar-refractivity contribution in [3.05, 3.63) is 29.8 Å². The van der Waals surface area contributed by atoms with Gasteiger partial charge in [0.05, 0.1) is 19.7 Å². The summed E-state index contributed by atoms with van der Waals surface area (Å²) >= 11 is 5.45. The number of hydrogen-bond acceptors (Lipinski definition) is 8. The molecule has 0 spiro atoms. The Kier molecular flexibility index (Phi) is 9.52. The smallest absolute Gasteiger partial charge is 0.410 e. The number of amides is 2. The molecule has 34 heavy (non-hydrogen) atoms. The van der Waals surface area contributed by atoms with E-state index >= 15 is 0 Å². The van der Waals surface area contributed by atoms with E-state index in [1.54, 1.807) is 41.0 Å². The maximum Gasteiger partial charge on any atom is 0.410 e. The molecule has 1 aromatic rings. The normalized spacial score (nSPS) is 17.4. The van der Waals surface area contributed by atoms with Crippen LogP contribution in [0.5, 0.6) is 5.75 Å². The first-order chi connectivity index (χ1) is 16.4. The van der Waals surface area contributed by atoms with Crippen LogP contribution in [0.25, 0.3) is 0 Å². The lowest BCUT2D eigenvalue weighted by Crippen LogP contribution is -2.56. The Morgan fingerprint density at radius 2 is 1.74 bits per heavy atom. The molecule has 2 aliphatic heterocycles. The molecule has 0 saturated carbocycles. The van der Waals surface area contributed by atoms with Crippen molar-refractivity contribution in [2.24, 2.45) is 0 Å². The van der Waals surface area contributed by atoms with Gasteiger partial charge in [0, 0.05) is 37.8 Å². The lowest BCUT2D eigenvalue weighted by Gasteiger charge is -2.41. The summed E-state index contributed by atoms with van der Waals surface area (Å²) in [7, 11) is 0. The minimum atomic E-state index is -0.459.